The molecule has 10 heavy (non-hydrogen) atoms. The van der Waals surface area contributed by atoms with E-state index in [2.05, 4.69) is 0 Å². The van der Waals surface area contributed by atoms with Crippen molar-refractivity contribution in [3.8, 4) is 0 Å². The minimum atomic E-state index is -0.356. The maximum Gasteiger partial charge on any atom is 0.140 e. The molecule has 0 N–H and O–H groups in total. The maximum atomic E-state index is 10.6. The number of ketones is 2. The van der Waals surface area contributed by atoms with Gasteiger partial charge in [0.15, 0.2) is 0 Å². The second kappa shape index (κ2) is 5.81. The van der Waals surface area contributed by atoms with Crippen LogP contribution < -0.4 is 0 Å². The van der Waals surface area contributed by atoms with E-state index in [0.717, 1.165) is 0 Å². The third kappa shape index (κ3) is 3.96. The standard InChI is InChI=1S/C7H12O2.Ti/c1-4-7(5(2)8)6(3)9;/h7H,4H2,1-3H3;. The molecule has 2 nitrogen and oxygen atoms in total. The Balaban J connectivity index is 0. The maximum absolute atomic E-state index is 10.6. The predicted octanol–water partition coefficient (Wildman–Crippen LogP) is 1.19. The van der Waals surface area contributed by atoms with E-state index in [1.807, 2.05) is 6.92 Å². The van der Waals surface area contributed by atoms with Crippen molar-refractivity contribution >= 4 is 11.6 Å². The van der Waals surface area contributed by atoms with E-state index in [0.29, 0.717) is 6.42 Å². The van der Waals surface area contributed by atoms with Crippen molar-refractivity contribution in [1.29, 1.82) is 0 Å². The average Bonchev–Trinajstić information content (AvgIpc) is 1.64. The van der Waals surface area contributed by atoms with Crippen molar-refractivity contribution in [3.63, 3.8) is 0 Å². The molecule has 0 saturated heterocycles. The van der Waals surface area contributed by atoms with Crippen LogP contribution in [0.2, 0.25) is 0 Å². The van der Waals surface area contributed by atoms with Gasteiger partial charge in [0, 0.05) is 21.7 Å². The monoisotopic (exact) mass is 176 g/mol. The van der Waals surface area contributed by atoms with E-state index in [1.165, 1.54) is 13.8 Å². The zero-order valence-corrected chi connectivity index (χ0v) is 8.16. The molecule has 0 aromatic rings. The van der Waals surface area contributed by atoms with Gasteiger partial charge in [0.1, 0.15) is 11.6 Å². The Morgan fingerprint density at radius 3 is 1.50 bits per heavy atom. The molecule has 0 atom stereocenters. The van der Waals surface area contributed by atoms with Crippen LogP contribution in [0.5, 0.6) is 0 Å². The van der Waals surface area contributed by atoms with Gasteiger partial charge in [0.05, 0.1) is 5.92 Å². The molecule has 0 aromatic carbocycles. The van der Waals surface area contributed by atoms with Crippen LogP contribution in [-0.4, -0.2) is 11.6 Å². The summed E-state index contributed by atoms with van der Waals surface area (Å²) < 4.78 is 0. The van der Waals surface area contributed by atoms with Crippen LogP contribution in [0, 0.1) is 5.92 Å². The van der Waals surface area contributed by atoms with E-state index >= 15 is 0 Å². The van der Waals surface area contributed by atoms with Crippen LogP contribution in [0.3, 0.4) is 0 Å². The Morgan fingerprint density at radius 2 is 1.50 bits per heavy atom. The number of carbonyl (C=O) groups is 2. The molecule has 0 saturated carbocycles. The summed E-state index contributed by atoms with van der Waals surface area (Å²) in [6.07, 6.45) is 0.630. The number of rotatable bonds is 3. The van der Waals surface area contributed by atoms with Crippen molar-refractivity contribution in [2.45, 2.75) is 27.2 Å². The van der Waals surface area contributed by atoms with Gasteiger partial charge in [0.25, 0.3) is 0 Å². The van der Waals surface area contributed by atoms with E-state index in [1.54, 1.807) is 0 Å². The SMILES string of the molecule is CCC(C(C)=O)C(C)=O.[Ti]. The summed E-state index contributed by atoms with van der Waals surface area (Å²) in [5.41, 5.74) is 0. The van der Waals surface area contributed by atoms with Crippen LogP contribution in [0.15, 0.2) is 0 Å². The molecule has 0 fully saturated rings. The van der Waals surface area contributed by atoms with Gasteiger partial charge in [-0.05, 0) is 20.3 Å². The normalized spacial score (nSPS) is 8.80. The van der Waals surface area contributed by atoms with Gasteiger partial charge in [-0.1, -0.05) is 6.92 Å². The minimum absolute atomic E-state index is 0. The van der Waals surface area contributed by atoms with E-state index in [-0.39, 0.29) is 39.2 Å². The number of hydrogen-bond acceptors (Lipinski definition) is 2. The molecular formula is C7H12O2Ti. The Morgan fingerprint density at radius 1 is 1.20 bits per heavy atom. The molecule has 0 aliphatic rings. The molecule has 0 amide bonds. The van der Waals surface area contributed by atoms with Crippen LogP contribution in [0.4, 0.5) is 0 Å². The van der Waals surface area contributed by atoms with Crippen molar-refractivity contribution in [2.24, 2.45) is 5.92 Å². The summed E-state index contributed by atoms with van der Waals surface area (Å²) >= 11 is 0. The van der Waals surface area contributed by atoms with Gasteiger partial charge in [-0.15, -0.1) is 0 Å². The Hall–Kier alpha value is 0.0543. The van der Waals surface area contributed by atoms with Gasteiger partial charge in [-0.25, -0.2) is 0 Å². The minimum Gasteiger partial charge on any atom is -0.299 e. The van der Waals surface area contributed by atoms with E-state index in [9.17, 15) is 9.59 Å². The van der Waals surface area contributed by atoms with E-state index < -0.39 is 0 Å². The fourth-order valence-electron chi connectivity index (χ4n) is 0.861. The number of Topliss-reactive ketones (excluding diaryl/α,β-unsaturated/α-hetero) is 2. The Labute approximate surface area is 76.3 Å². The molecule has 0 spiro atoms. The first-order valence-corrected chi connectivity index (χ1v) is 3.10. The van der Waals surface area contributed by atoms with Crippen LogP contribution in [0.25, 0.3) is 0 Å². The van der Waals surface area contributed by atoms with Crippen molar-refractivity contribution < 1.29 is 31.3 Å². The molecule has 0 unspecified atom stereocenters. The molecule has 0 aliphatic heterocycles. The molecule has 56 valence electrons. The van der Waals surface area contributed by atoms with Crippen LogP contribution in [0.1, 0.15) is 27.2 Å². The summed E-state index contributed by atoms with van der Waals surface area (Å²) in [5.74, 6) is -0.403. The molecule has 0 rings (SSSR count). The first-order valence-electron chi connectivity index (χ1n) is 3.10. The smallest absolute Gasteiger partial charge is 0.140 e. The molecule has 0 radical (unpaired) electrons. The van der Waals surface area contributed by atoms with Gasteiger partial charge in [-0.3, -0.25) is 9.59 Å². The largest absolute Gasteiger partial charge is 0.299 e. The zero-order valence-electron chi connectivity index (χ0n) is 6.60. The third-order valence-corrected chi connectivity index (χ3v) is 1.39. The first-order chi connectivity index (χ1) is 4.09. The third-order valence-electron chi connectivity index (χ3n) is 1.39. The molecule has 0 aliphatic carbocycles. The topological polar surface area (TPSA) is 34.1 Å². The van der Waals surface area contributed by atoms with Gasteiger partial charge < -0.3 is 0 Å². The van der Waals surface area contributed by atoms with Gasteiger partial charge in [0.2, 0.25) is 0 Å². The molecular weight excluding hydrogens is 164 g/mol. The fourth-order valence-corrected chi connectivity index (χ4v) is 0.861. The average molecular weight is 176 g/mol. The summed E-state index contributed by atoms with van der Waals surface area (Å²) in [4.78, 5) is 21.2. The van der Waals surface area contributed by atoms with Crippen molar-refractivity contribution in [1.82, 2.24) is 0 Å². The van der Waals surface area contributed by atoms with Crippen molar-refractivity contribution in [3.05, 3.63) is 0 Å². The second-order valence-electron chi connectivity index (χ2n) is 2.18. The summed E-state index contributed by atoms with van der Waals surface area (Å²) in [5, 5.41) is 0. The van der Waals surface area contributed by atoms with Gasteiger partial charge >= 0.3 is 0 Å². The number of hydrogen-bond donors (Lipinski definition) is 0. The Bertz CT molecular complexity index is 118. The second-order valence-corrected chi connectivity index (χ2v) is 2.18. The first kappa shape index (κ1) is 12.7. The zero-order chi connectivity index (χ0) is 7.44. The molecule has 0 aromatic heterocycles. The summed E-state index contributed by atoms with van der Waals surface area (Å²) in [6.45, 7) is 4.75. The fraction of sp³-hybridized carbons (Fsp3) is 0.714. The molecule has 0 bridgehead atoms. The molecule has 0 heterocycles. The quantitative estimate of drug-likeness (QED) is 0.478. The van der Waals surface area contributed by atoms with E-state index in [4.69, 9.17) is 0 Å². The number of carbonyl (C=O) groups excluding carboxylic acids is 2. The summed E-state index contributed by atoms with van der Waals surface area (Å²) in [6, 6.07) is 0. The Kier molecular flexibility index (Phi) is 7.38. The van der Waals surface area contributed by atoms with Crippen molar-refractivity contribution in [2.75, 3.05) is 0 Å². The predicted molar refractivity (Wildman–Crippen MR) is 35.1 cm³/mol. The summed E-state index contributed by atoms with van der Waals surface area (Å²) in [7, 11) is 0. The van der Waals surface area contributed by atoms with Gasteiger partial charge in [-0.2, -0.15) is 0 Å². The molecule has 3 heteroatoms. The van der Waals surface area contributed by atoms with Crippen LogP contribution in [-0.2, 0) is 31.3 Å². The van der Waals surface area contributed by atoms with Crippen LogP contribution >= 0.6 is 0 Å².